The van der Waals surface area contributed by atoms with Crippen LogP contribution in [0.2, 0.25) is 0 Å². The standard InChI is InChI=1S/C24H28O6S.C21H27OS.C20H23F3NO6S2.C15H22O2.C12H16O2.2C10H14O/c1-3-18(2)19-4-5-21-17-23(7-6-20(21)16-19)30-15-13-28-12-14-29-22-8-10-24(11-9-22)31(25,26)27;1-2-8-17(9-3-1)16-22-20-12-13-21(23-14-6-7-15-23)19-11-5-4-10-18(19)20;1-3-15(2)16-5-7-17(8-6-16)29-13-4-14-30-18-9-11-19(12-10-18)31(25,26)24-32(27,28)20(21,22)23;1-3-12(2)13-7-9-14(10-8-13)17-15-6-4-5-11-16-15;1-4-9(2)11-5-7-12(8-6-11)14-10(3)13;2*1-3-8(2)9-4-6-10(11)7-5-9/h4-11,16-18H,3,12-15H2,1-2H3,(H,25,26,27);4-5,10-13,17H,1-3,6-9,14-16H2;5-12,15H,3-4,13-14H2,1-2H3;7-10,12,15H,3-6,11H2,1-2H3;5-9H,4H2,1-3H3;2*4-8,11H,3H2,1-2H3/q;+1;-1;;;;/p-1. The summed E-state index contributed by atoms with van der Waals surface area (Å²) in [5.41, 5.74) is 2.03. The number of sulfonamides is 2. The van der Waals surface area contributed by atoms with Crippen LogP contribution < -0.4 is 33.2 Å². The Balaban J connectivity index is 0.000000206. The highest BCUT2D eigenvalue weighted by Gasteiger charge is 2.41. The number of rotatable bonds is 37. The predicted octanol–water partition coefficient (Wildman–Crippen LogP) is 28.3. The number of esters is 1. The van der Waals surface area contributed by atoms with Gasteiger partial charge in [-0.1, -0.05) is 205 Å². The molecule has 11 aromatic carbocycles. The molecule has 7 atom stereocenters. The van der Waals surface area contributed by atoms with Crippen LogP contribution in [0, 0.1) is 5.92 Å². The number of halogens is 3. The lowest BCUT2D eigenvalue weighted by atomic mass is 9.90. The van der Waals surface area contributed by atoms with Crippen molar-refractivity contribution in [3.63, 3.8) is 0 Å². The van der Waals surface area contributed by atoms with Crippen LogP contribution in [0.5, 0.6) is 51.7 Å². The Hall–Kier alpha value is -10.4. The van der Waals surface area contributed by atoms with Crippen LogP contribution in [0.25, 0.3) is 25.7 Å². The van der Waals surface area contributed by atoms with Crippen LogP contribution >= 0.6 is 0 Å². The van der Waals surface area contributed by atoms with E-state index in [-0.39, 0.29) is 29.5 Å². The molecule has 2 heterocycles. The Morgan fingerprint density at radius 3 is 1.28 bits per heavy atom. The third kappa shape index (κ3) is 39.2. The maximum absolute atomic E-state index is 12.3. The van der Waals surface area contributed by atoms with Crippen molar-refractivity contribution in [3.05, 3.63) is 280 Å². The van der Waals surface area contributed by atoms with Gasteiger partial charge in [-0.15, -0.1) is 0 Å². The number of carbonyl (C=O) groups is 1. The lowest BCUT2D eigenvalue weighted by molar-refractivity contribution is -0.131. The number of fused-ring (bicyclic) bond motifs is 2. The van der Waals surface area contributed by atoms with E-state index >= 15 is 0 Å². The van der Waals surface area contributed by atoms with Gasteiger partial charge in [0, 0.05) is 46.3 Å². The number of hydrogen-bond donors (Lipinski definition) is 2. The smallest absolute Gasteiger partial charge is 0.480 e. The van der Waals surface area contributed by atoms with Gasteiger partial charge in [0.05, 0.1) is 44.5 Å². The summed E-state index contributed by atoms with van der Waals surface area (Å²) in [5.74, 6) is 12.2. The number of benzene rings is 11. The maximum atomic E-state index is 12.3. The zero-order valence-corrected chi connectivity index (χ0v) is 86.1. The van der Waals surface area contributed by atoms with Crippen LogP contribution in [0.15, 0.2) is 257 Å². The number of aromatic hydroxyl groups is 2. The fourth-order valence-electron chi connectivity index (χ4n) is 15.1. The minimum Gasteiger partial charge on any atom is -0.744 e. The van der Waals surface area contributed by atoms with E-state index in [1.165, 1.54) is 162 Å². The quantitative estimate of drug-likeness (QED) is 0.0120. The summed E-state index contributed by atoms with van der Waals surface area (Å²) in [7, 11) is -15.2. The molecule has 2 aliphatic heterocycles. The van der Waals surface area contributed by atoms with E-state index in [0.29, 0.717) is 109 Å². The van der Waals surface area contributed by atoms with E-state index in [0.717, 1.165) is 105 Å². The number of alkyl halides is 3. The molecule has 1 saturated carbocycles. The third-order valence-electron chi connectivity index (χ3n) is 24.9. The first-order valence-electron chi connectivity index (χ1n) is 48.8. The molecule has 0 radical (unpaired) electrons. The van der Waals surface area contributed by atoms with Gasteiger partial charge in [0.15, 0.2) is 21.2 Å². The summed E-state index contributed by atoms with van der Waals surface area (Å²) in [5, 5.41) is 23.1. The van der Waals surface area contributed by atoms with Crippen molar-refractivity contribution >= 4 is 68.6 Å². The monoisotopic (exact) mass is 1990 g/mol. The van der Waals surface area contributed by atoms with Gasteiger partial charge in [0.2, 0.25) is 0 Å². The molecule has 14 rings (SSSR count). The van der Waals surface area contributed by atoms with Gasteiger partial charge in [-0.2, -0.15) is 13.2 Å². The third-order valence-corrected chi connectivity index (χ3v) is 31.4. The second-order valence-electron chi connectivity index (χ2n) is 35.3. The fraction of sp³-hybridized carbons (Fsp3) is 0.438. The summed E-state index contributed by atoms with van der Waals surface area (Å²) in [6.45, 7) is 31.5. The molecule has 0 bridgehead atoms. The SMILES string of the molecule is CCC(C)c1ccc(O)cc1.CCC(C)c1ccc(O)cc1.CCC(C)c1ccc(OC(C)=O)cc1.CCC(C)c1ccc(OC2CCCCO2)cc1.CCC(C)c1ccc(OCCCOc2ccc(S(=O)(=O)[N-]S(=O)(=O)C(F)(F)F)cc2)cc1.CCC(C)c1ccc2cc(OCCOCCOc3ccc(S(=O)(=O)[O-])cc3)ccc2c1.c1ccc2c([S+]3CCCC3)ccc(OCC3CCCCC3)c2c1. The summed E-state index contributed by atoms with van der Waals surface area (Å²) < 4.78 is 168. The summed E-state index contributed by atoms with van der Waals surface area (Å²) >= 11 is 0. The number of phenolic OH excluding ortho intramolecular Hbond substituents is 2. The van der Waals surface area contributed by atoms with Crippen molar-refractivity contribution in [1.82, 2.24) is 0 Å². The highest BCUT2D eigenvalue weighted by atomic mass is 32.3. The summed E-state index contributed by atoms with van der Waals surface area (Å²) in [4.78, 5) is 11.3. The molecule has 11 aromatic rings. The van der Waals surface area contributed by atoms with Gasteiger partial charge in [0.1, 0.15) is 96.6 Å². The van der Waals surface area contributed by atoms with Crippen molar-refractivity contribution in [1.29, 1.82) is 0 Å². The zero-order valence-electron chi connectivity index (χ0n) is 82.9. The molecule has 139 heavy (non-hydrogen) atoms. The van der Waals surface area contributed by atoms with E-state index in [4.69, 9.17) is 52.8 Å². The molecule has 0 spiro atoms. The molecular weight excluding hydrogens is 1850 g/mol. The van der Waals surface area contributed by atoms with Crippen LogP contribution in [-0.4, -0.2) is 122 Å². The molecular formula is C112H143F3NO19S4-. The predicted molar refractivity (Wildman–Crippen MR) is 552 cm³/mol. The van der Waals surface area contributed by atoms with Gasteiger partial charge in [-0.05, 0) is 302 Å². The molecule has 3 aliphatic rings. The Kier molecular flexibility index (Phi) is 48.2. The molecule has 1 aliphatic carbocycles. The van der Waals surface area contributed by atoms with Gasteiger partial charge in [-0.25, -0.2) is 25.3 Å². The maximum Gasteiger partial charge on any atom is 0.480 e. The largest absolute Gasteiger partial charge is 0.744 e. The number of carbonyl (C=O) groups excluding carboxylic acids is 1. The Morgan fingerprint density at radius 2 is 0.827 bits per heavy atom. The van der Waals surface area contributed by atoms with E-state index in [1.54, 1.807) is 29.2 Å². The van der Waals surface area contributed by atoms with Crippen molar-refractivity contribution in [3.8, 4) is 51.7 Å². The second-order valence-corrected chi connectivity index (χ2v) is 42.3. The average molecular weight is 1990 g/mol. The van der Waals surface area contributed by atoms with Gasteiger partial charge in [0.25, 0.3) is 0 Å². The van der Waals surface area contributed by atoms with E-state index in [1.807, 2.05) is 89.1 Å². The van der Waals surface area contributed by atoms with Crippen molar-refractivity contribution in [2.24, 2.45) is 5.92 Å². The molecule has 2 saturated heterocycles. The molecule has 7 unspecified atom stereocenters. The Morgan fingerprint density at radius 1 is 0.432 bits per heavy atom. The van der Waals surface area contributed by atoms with Crippen LogP contribution in [0.4, 0.5) is 13.2 Å². The van der Waals surface area contributed by atoms with Gasteiger partial charge in [-0.3, -0.25) is 4.79 Å². The van der Waals surface area contributed by atoms with Crippen molar-refractivity contribution in [2.75, 3.05) is 64.4 Å². The topological polar surface area (TPSA) is 280 Å². The average Bonchev–Trinajstić information content (AvgIpc) is 1.63. The normalized spacial score (nSPS) is 15.2. The van der Waals surface area contributed by atoms with E-state index < -0.39 is 40.6 Å². The molecule has 0 amide bonds. The first-order valence-corrected chi connectivity index (χ1v) is 54.6. The van der Waals surface area contributed by atoms with Crippen molar-refractivity contribution in [2.45, 2.75) is 261 Å². The van der Waals surface area contributed by atoms with Crippen molar-refractivity contribution < 1.29 is 101 Å². The minimum absolute atomic E-state index is 0.0433. The highest BCUT2D eigenvalue weighted by molar-refractivity contribution is 8.12. The molecule has 3 fully saturated rings. The highest BCUT2D eigenvalue weighted by Crippen LogP contribution is 2.39. The van der Waals surface area contributed by atoms with E-state index in [9.17, 15) is 47.8 Å². The number of nitrogens with zero attached hydrogens (tertiary/aromatic N) is 1. The molecule has 0 aromatic heterocycles. The van der Waals surface area contributed by atoms with Gasteiger partial charge >= 0.3 is 11.5 Å². The van der Waals surface area contributed by atoms with E-state index in [2.05, 4.69) is 168 Å². The lowest BCUT2D eigenvalue weighted by Crippen LogP contribution is -2.24. The van der Waals surface area contributed by atoms with Gasteiger partial charge < -0.3 is 61.5 Å². The molecule has 756 valence electrons. The molecule has 20 nitrogen and oxygen atoms in total. The van der Waals surface area contributed by atoms with Crippen LogP contribution in [0.1, 0.15) is 268 Å². The van der Waals surface area contributed by atoms with Crippen LogP contribution in [-0.2, 0) is 55.3 Å². The zero-order chi connectivity index (χ0) is 101. The number of phenols is 2. The number of ether oxygens (including phenoxy) is 9. The molecule has 27 heteroatoms. The van der Waals surface area contributed by atoms with Crippen LogP contribution in [0.3, 0.4) is 0 Å². The Bertz CT molecular complexity index is 5710. The number of hydrogen-bond acceptors (Lipinski definition) is 19. The molecule has 2 N–H and O–H groups in total. The first kappa shape index (κ1) is 114. The second kappa shape index (κ2) is 58.8. The lowest BCUT2D eigenvalue weighted by Gasteiger charge is -2.23. The minimum atomic E-state index is -6.17. The first-order chi connectivity index (χ1) is 66.5. The fourth-order valence-corrected chi connectivity index (χ4v) is 20.2. The summed E-state index contributed by atoms with van der Waals surface area (Å²) in [6.07, 6.45) is 20.3. The Labute approximate surface area is 827 Å². The summed E-state index contributed by atoms with van der Waals surface area (Å²) in [6, 6.07) is 74.4.